The Bertz CT molecular complexity index is 1100. The molecule has 2 N–H and O–H groups in total. The van der Waals surface area contributed by atoms with E-state index in [9.17, 15) is 14.9 Å². The molecule has 5 nitrogen and oxygen atoms in total. The van der Waals surface area contributed by atoms with Gasteiger partial charge >= 0.3 is 0 Å². The molecule has 31 heavy (non-hydrogen) atoms. The van der Waals surface area contributed by atoms with Crippen LogP contribution in [0.3, 0.4) is 0 Å². The van der Waals surface area contributed by atoms with E-state index in [0.29, 0.717) is 22.5 Å². The van der Waals surface area contributed by atoms with Gasteiger partial charge in [0.25, 0.3) is 11.8 Å². The molecule has 2 aromatic rings. The minimum atomic E-state index is -0.698. The van der Waals surface area contributed by atoms with Crippen LogP contribution in [0, 0.1) is 18.3 Å². The Morgan fingerprint density at radius 1 is 1.13 bits per heavy atom. The van der Waals surface area contributed by atoms with Crippen molar-refractivity contribution in [3.63, 3.8) is 0 Å². The maximum absolute atomic E-state index is 12.8. The summed E-state index contributed by atoms with van der Waals surface area (Å²) in [5.74, 6) is -0.581. The van der Waals surface area contributed by atoms with Crippen molar-refractivity contribution in [1.29, 1.82) is 5.26 Å². The Hall–Kier alpha value is -3.91. The van der Waals surface area contributed by atoms with Crippen LogP contribution in [-0.4, -0.2) is 11.8 Å². The van der Waals surface area contributed by atoms with Crippen LogP contribution in [0.25, 0.3) is 0 Å². The average Bonchev–Trinajstić information content (AvgIpc) is 2.77. The first-order valence-corrected chi connectivity index (χ1v) is 9.92. The molecule has 0 aromatic heterocycles. The van der Waals surface area contributed by atoms with Crippen LogP contribution in [0.2, 0.25) is 0 Å². The van der Waals surface area contributed by atoms with Gasteiger partial charge in [-0.3, -0.25) is 9.59 Å². The average molecular weight is 414 g/mol. The zero-order chi connectivity index (χ0) is 23.0. The van der Waals surface area contributed by atoms with E-state index in [0.717, 1.165) is 11.1 Å². The van der Waals surface area contributed by atoms with E-state index in [2.05, 4.69) is 23.3 Å². The van der Waals surface area contributed by atoms with Gasteiger partial charge in [0.15, 0.2) is 0 Å². The summed E-state index contributed by atoms with van der Waals surface area (Å²) in [5.41, 5.74) is 2.91. The van der Waals surface area contributed by atoms with Gasteiger partial charge in [-0.25, -0.2) is 0 Å². The topological polar surface area (TPSA) is 82.0 Å². The Morgan fingerprint density at radius 2 is 1.87 bits per heavy atom. The minimum Gasteiger partial charge on any atom is -0.322 e. The van der Waals surface area contributed by atoms with Crippen molar-refractivity contribution in [1.82, 2.24) is 5.32 Å². The molecule has 2 amide bonds. The first-order chi connectivity index (χ1) is 14.7. The number of hydrogen-bond acceptors (Lipinski definition) is 3. The molecule has 0 spiro atoms. The van der Waals surface area contributed by atoms with Gasteiger partial charge in [0, 0.05) is 22.5 Å². The molecule has 0 bridgehead atoms. The normalized spacial score (nSPS) is 11.6. The number of aryl methyl sites for hydroxylation is 1. The third-order valence-corrected chi connectivity index (χ3v) is 4.85. The highest BCUT2D eigenvalue weighted by molar-refractivity contribution is 6.05. The zero-order valence-corrected chi connectivity index (χ0v) is 18.3. The molecule has 0 atom stereocenters. The third kappa shape index (κ3) is 6.03. The fraction of sp³-hybridized carbons (Fsp3) is 0.192. The number of nitrogens with zero attached hydrogens (tertiary/aromatic N) is 1. The van der Waals surface area contributed by atoms with Crippen LogP contribution in [0.1, 0.15) is 52.6 Å². The second-order valence-corrected chi connectivity index (χ2v) is 7.59. The first-order valence-electron chi connectivity index (χ1n) is 9.92. The van der Waals surface area contributed by atoms with Crippen molar-refractivity contribution >= 4 is 17.5 Å². The van der Waals surface area contributed by atoms with Gasteiger partial charge in [0.1, 0.15) is 0 Å². The highest BCUT2D eigenvalue weighted by Gasteiger charge is 2.21. The molecule has 2 aromatic carbocycles. The van der Waals surface area contributed by atoms with Crippen LogP contribution >= 0.6 is 0 Å². The molecule has 0 saturated carbocycles. The van der Waals surface area contributed by atoms with Gasteiger partial charge in [-0.05, 0) is 69.2 Å². The molecule has 0 unspecified atom stereocenters. The number of carbonyl (C=O) groups is 2. The summed E-state index contributed by atoms with van der Waals surface area (Å²) in [4.78, 5) is 25.5. The third-order valence-electron chi connectivity index (χ3n) is 4.85. The van der Waals surface area contributed by atoms with E-state index >= 15 is 0 Å². The van der Waals surface area contributed by atoms with E-state index in [1.54, 1.807) is 74.5 Å². The number of rotatable bonds is 7. The van der Waals surface area contributed by atoms with Crippen molar-refractivity contribution in [3.05, 3.63) is 101 Å². The fourth-order valence-electron chi connectivity index (χ4n) is 2.84. The molecule has 0 aliphatic heterocycles. The maximum atomic E-state index is 12.8. The quantitative estimate of drug-likeness (QED) is 0.594. The summed E-state index contributed by atoms with van der Waals surface area (Å²) in [6, 6.07) is 14.4. The number of anilines is 1. The lowest BCUT2D eigenvalue weighted by Crippen LogP contribution is -2.23. The smallest absolute Gasteiger partial charge is 0.255 e. The number of benzene rings is 2. The van der Waals surface area contributed by atoms with Crippen LogP contribution in [0.4, 0.5) is 5.69 Å². The lowest BCUT2D eigenvalue weighted by Gasteiger charge is -2.16. The van der Waals surface area contributed by atoms with Gasteiger partial charge in [-0.2, -0.15) is 5.26 Å². The van der Waals surface area contributed by atoms with Crippen LogP contribution < -0.4 is 10.6 Å². The minimum absolute atomic E-state index is 0.270. The first kappa shape index (κ1) is 23.4. The molecule has 0 heterocycles. The Morgan fingerprint density at radius 3 is 2.52 bits per heavy atom. The van der Waals surface area contributed by atoms with Gasteiger partial charge in [0.2, 0.25) is 0 Å². The van der Waals surface area contributed by atoms with E-state index in [-0.39, 0.29) is 11.8 Å². The summed E-state index contributed by atoms with van der Waals surface area (Å²) < 4.78 is 0. The summed E-state index contributed by atoms with van der Waals surface area (Å²) in [6.45, 7) is 10.9. The predicted octanol–water partition coefficient (Wildman–Crippen LogP) is 5.42. The lowest BCUT2D eigenvalue weighted by molar-refractivity contribution is 0.0964. The molecule has 0 saturated heterocycles. The van der Waals surface area contributed by atoms with Crippen molar-refractivity contribution in [2.24, 2.45) is 0 Å². The number of hydrogen-bond donors (Lipinski definition) is 2. The van der Waals surface area contributed by atoms with E-state index in [1.165, 1.54) is 0 Å². The molecular formula is C26H27N3O2. The van der Waals surface area contributed by atoms with E-state index in [4.69, 9.17) is 0 Å². The summed E-state index contributed by atoms with van der Waals surface area (Å²) >= 11 is 0. The maximum Gasteiger partial charge on any atom is 0.255 e. The number of allylic oxidation sites excluding steroid dienone is 4. The molecule has 5 heteroatoms. The van der Waals surface area contributed by atoms with Gasteiger partial charge < -0.3 is 10.6 Å². The Kier molecular flexibility index (Phi) is 7.70. The van der Waals surface area contributed by atoms with Gasteiger partial charge in [-0.15, -0.1) is 0 Å². The SMILES string of the molecule is C=C/C=C\C(=C/C)NC(=O)c1cc(NC(=O)c2cccc(C(C)(C)C#N)c2)ccc1C. The van der Waals surface area contributed by atoms with Gasteiger partial charge in [-0.1, -0.05) is 43.0 Å². The highest BCUT2D eigenvalue weighted by Crippen LogP contribution is 2.23. The molecule has 2 rings (SSSR count). The van der Waals surface area contributed by atoms with Crippen LogP contribution in [0.5, 0.6) is 0 Å². The van der Waals surface area contributed by atoms with Crippen molar-refractivity contribution in [3.8, 4) is 6.07 Å². The number of amides is 2. The summed E-state index contributed by atoms with van der Waals surface area (Å²) in [6.07, 6.45) is 6.90. The second kappa shape index (κ2) is 10.2. The second-order valence-electron chi connectivity index (χ2n) is 7.59. The molecular weight excluding hydrogens is 386 g/mol. The molecule has 0 radical (unpaired) electrons. The lowest BCUT2D eigenvalue weighted by atomic mass is 9.85. The van der Waals surface area contributed by atoms with E-state index in [1.807, 2.05) is 19.9 Å². The van der Waals surface area contributed by atoms with Gasteiger partial charge in [0.05, 0.1) is 11.5 Å². The van der Waals surface area contributed by atoms with Crippen molar-refractivity contribution in [2.75, 3.05) is 5.32 Å². The standard InChI is InChI=1S/C26H27N3O2/c1-6-8-12-21(7-2)28-25(31)23-16-22(14-13-18(23)3)29-24(30)19-10-9-11-20(15-19)26(4,5)17-27/h6-16H,1H2,2-5H3,(H,28,31)(H,29,30)/b12-8-,21-7+. The van der Waals surface area contributed by atoms with Crippen LogP contribution in [0.15, 0.2) is 79.0 Å². The summed E-state index contributed by atoms with van der Waals surface area (Å²) in [7, 11) is 0. The zero-order valence-electron chi connectivity index (χ0n) is 18.3. The summed E-state index contributed by atoms with van der Waals surface area (Å²) in [5, 5.41) is 15.0. The predicted molar refractivity (Wildman–Crippen MR) is 125 cm³/mol. The fourth-order valence-corrected chi connectivity index (χ4v) is 2.84. The molecule has 0 aliphatic carbocycles. The highest BCUT2D eigenvalue weighted by atomic mass is 16.2. The Labute approximate surface area is 183 Å². The molecule has 0 aliphatic rings. The Balaban J connectivity index is 2.24. The van der Waals surface area contributed by atoms with Crippen LogP contribution in [-0.2, 0) is 5.41 Å². The number of nitriles is 1. The van der Waals surface area contributed by atoms with Crippen molar-refractivity contribution < 1.29 is 9.59 Å². The molecule has 0 fully saturated rings. The largest absolute Gasteiger partial charge is 0.322 e. The van der Waals surface area contributed by atoms with E-state index < -0.39 is 5.41 Å². The number of nitrogens with one attached hydrogen (secondary N) is 2. The number of carbonyl (C=O) groups excluding carboxylic acids is 2. The monoisotopic (exact) mass is 413 g/mol. The van der Waals surface area contributed by atoms with Crippen molar-refractivity contribution in [2.45, 2.75) is 33.1 Å². The molecule has 158 valence electrons.